The molecule has 4 rings (SSSR count). The summed E-state index contributed by atoms with van der Waals surface area (Å²) in [6.45, 7) is 3.88. The van der Waals surface area contributed by atoms with Gasteiger partial charge in [0, 0.05) is 30.2 Å². The number of aromatic amines is 1. The number of benzene rings is 2. The van der Waals surface area contributed by atoms with E-state index in [2.05, 4.69) is 10.2 Å². The topological polar surface area (TPSA) is 166 Å². The summed E-state index contributed by atoms with van der Waals surface area (Å²) in [7, 11) is 11.7. The van der Waals surface area contributed by atoms with E-state index in [4.69, 9.17) is 18.8 Å². The maximum atomic E-state index is 12.5. The molecule has 0 amide bonds. The number of hydrogen-bond donors (Lipinski definition) is 5. The maximum absolute atomic E-state index is 12.5. The van der Waals surface area contributed by atoms with E-state index in [0.29, 0.717) is 16.8 Å². The normalized spacial score (nSPS) is 10.4. The fourth-order valence-electron chi connectivity index (χ4n) is 3.36. The molecule has 178 valence electrons. The van der Waals surface area contributed by atoms with Crippen LogP contribution in [0.15, 0.2) is 47.4 Å². The second-order valence-corrected chi connectivity index (χ2v) is 10.3. The van der Waals surface area contributed by atoms with Gasteiger partial charge in [0.25, 0.3) is 0 Å². The predicted octanol–water partition coefficient (Wildman–Crippen LogP) is 4.95. The van der Waals surface area contributed by atoms with E-state index >= 15 is 0 Å². The summed E-state index contributed by atoms with van der Waals surface area (Å²) in [5, 5.41) is 28.0. The number of nitrogens with one attached hydrogen (secondary N) is 1. The number of halogens is 2. The Labute approximate surface area is 201 Å². The van der Waals surface area contributed by atoms with Crippen LogP contribution in [-0.4, -0.2) is 29.5 Å². The van der Waals surface area contributed by atoms with Crippen LogP contribution in [0.1, 0.15) is 25.3 Å². The van der Waals surface area contributed by atoms with Crippen LogP contribution in [-0.2, 0) is 23.5 Å². The number of nitrogens with zero attached hydrogens (tertiary/aromatic N) is 3. The van der Waals surface area contributed by atoms with E-state index in [1.165, 1.54) is 10.6 Å². The Hall–Kier alpha value is -2.29. The molecular weight excluding hydrogens is 638 g/mol. The quantitative estimate of drug-likeness (QED) is 0.208. The molecule has 0 aliphatic heterocycles. The van der Waals surface area contributed by atoms with E-state index in [1.54, 1.807) is 6.07 Å². The van der Waals surface area contributed by atoms with Gasteiger partial charge in [0.1, 0.15) is 11.5 Å². The van der Waals surface area contributed by atoms with Crippen molar-refractivity contribution >= 4 is 29.7 Å². The van der Waals surface area contributed by atoms with Crippen molar-refractivity contribution in [3.8, 4) is 28.6 Å². The van der Waals surface area contributed by atoms with Gasteiger partial charge < -0.3 is 27.1 Å². The molecule has 0 bridgehead atoms. The standard InChI is InChI=1S/C20H20N4O3.2ClH.2H3N.Pt/c1-11(2)14-9-15(18(26)10-17(14)25)19-21-22-20(27)24(19)13-4-5-16-12(8-13)6-7-23(16)3;;;;;/h4-11,25-26H,1-3H3,(H,22,27);2*1H;2*1H3;/q;;;;;+2/p-2. The minimum atomic E-state index is -0.472. The van der Waals surface area contributed by atoms with Gasteiger partial charge in [0.05, 0.1) is 11.3 Å². The fraction of sp³-hybridized carbons (Fsp3) is 0.200. The Balaban J connectivity index is 0.000000971. The summed E-state index contributed by atoms with van der Waals surface area (Å²) < 4.78 is 3.42. The Morgan fingerprint density at radius 2 is 1.72 bits per heavy atom. The summed E-state index contributed by atoms with van der Waals surface area (Å²) in [5.41, 5.74) is 2.33. The summed E-state index contributed by atoms with van der Waals surface area (Å²) in [6.07, 6.45) is 1.95. The third-order valence-corrected chi connectivity index (χ3v) is 4.81. The van der Waals surface area contributed by atoms with Crippen molar-refractivity contribution in [3.63, 3.8) is 0 Å². The molecule has 0 fully saturated rings. The van der Waals surface area contributed by atoms with Crippen molar-refractivity contribution in [3.05, 3.63) is 58.6 Å². The van der Waals surface area contributed by atoms with Crippen molar-refractivity contribution in [1.29, 1.82) is 0 Å². The first-order chi connectivity index (χ1) is 14.3. The van der Waals surface area contributed by atoms with Crippen LogP contribution >= 0.6 is 18.8 Å². The average molecular weight is 664 g/mol. The molecular formula is C20H26Cl2N6O3Pt. The molecule has 0 saturated heterocycles. The average Bonchev–Trinajstić information content (AvgIpc) is 3.25. The Kier molecular flexibility index (Phi) is 10.0. The van der Waals surface area contributed by atoms with Crippen molar-refractivity contribution in [2.24, 2.45) is 7.05 Å². The molecule has 12 heteroatoms. The van der Waals surface area contributed by atoms with E-state index < -0.39 is 22.2 Å². The van der Waals surface area contributed by atoms with Gasteiger partial charge in [-0.25, -0.2) is 14.5 Å². The molecule has 9 N–H and O–H groups in total. The third kappa shape index (κ3) is 5.36. The van der Waals surface area contributed by atoms with Crippen molar-refractivity contribution in [2.75, 3.05) is 0 Å². The second kappa shape index (κ2) is 11.5. The van der Waals surface area contributed by atoms with Crippen molar-refractivity contribution in [2.45, 2.75) is 19.8 Å². The van der Waals surface area contributed by atoms with E-state index in [1.807, 2.05) is 55.9 Å². The Morgan fingerprint density at radius 3 is 2.34 bits per heavy atom. The first-order valence-electron chi connectivity index (χ1n) is 8.90. The molecule has 2 aromatic carbocycles. The summed E-state index contributed by atoms with van der Waals surface area (Å²) in [6, 6.07) is 10.6. The van der Waals surface area contributed by atoms with Crippen molar-refractivity contribution in [1.82, 2.24) is 31.6 Å². The van der Waals surface area contributed by atoms with E-state index in [9.17, 15) is 15.0 Å². The molecule has 32 heavy (non-hydrogen) atoms. The minimum absolute atomic E-state index is 0. The molecule has 0 unspecified atom stereocenters. The van der Waals surface area contributed by atoms with Gasteiger partial charge in [-0.15, -0.1) is 0 Å². The zero-order chi connectivity index (χ0) is 22.0. The second-order valence-electron chi connectivity index (χ2n) is 6.99. The number of aryl methyl sites for hydroxylation is 1. The first-order valence-corrected chi connectivity index (χ1v) is 14.5. The van der Waals surface area contributed by atoms with Gasteiger partial charge in [-0.05, 0) is 41.8 Å². The number of fused-ring (bicyclic) bond motifs is 1. The zero-order valence-corrected chi connectivity index (χ0v) is 21.5. The fourth-order valence-corrected chi connectivity index (χ4v) is 3.36. The predicted molar refractivity (Wildman–Crippen MR) is 125 cm³/mol. The number of hydrogen-bond acceptors (Lipinski definition) is 6. The molecule has 0 aliphatic rings. The van der Waals surface area contributed by atoms with Crippen LogP contribution in [0.5, 0.6) is 11.5 Å². The molecule has 0 radical (unpaired) electrons. The molecule has 2 aromatic heterocycles. The molecule has 0 spiro atoms. The molecule has 0 atom stereocenters. The summed E-state index contributed by atoms with van der Waals surface area (Å²) in [4.78, 5) is 12.5. The molecule has 2 heterocycles. The van der Waals surface area contributed by atoms with Crippen LogP contribution in [0.25, 0.3) is 28.0 Å². The molecule has 9 nitrogen and oxygen atoms in total. The van der Waals surface area contributed by atoms with Gasteiger partial charge in [0.15, 0.2) is 5.82 Å². The summed E-state index contributed by atoms with van der Waals surface area (Å²) in [5.74, 6) is 0.207. The van der Waals surface area contributed by atoms with Gasteiger partial charge >= 0.3 is 41.0 Å². The Morgan fingerprint density at radius 1 is 1.06 bits per heavy atom. The van der Waals surface area contributed by atoms with E-state index in [0.717, 1.165) is 10.9 Å². The first kappa shape index (κ1) is 27.7. The van der Waals surface area contributed by atoms with Gasteiger partial charge in [-0.2, -0.15) is 5.10 Å². The van der Waals surface area contributed by atoms with Crippen LogP contribution in [0.4, 0.5) is 0 Å². The third-order valence-electron chi connectivity index (χ3n) is 4.81. The number of phenols is 2. The van der Waals surface area contributed by atoms with Gasteiger partial charge in [-0.1, -0.05) is 13.8 Å². The van der Waals surface area contributed by atoms with E-state index in [-0.39, 0.29) is 35.5 Å². The Bertz CT molecular complexity index is 1250. The van der Waals surface area contributed by atoms with Crippen molar-refractivity contribution < 1.29 is 26.7 Å². The number of aromatic nitrogens is 4. The van der Waals surface area contributed by atoms with Crippen LogP contribution in [0.3, 0.4) is 0 Å². The molecule has 0 saturated carbocycles. The zero-order valence-electron chi connectivity index (χ0n) is 17.7. The monoisotopic (exact) mass is 663 g/mol. The van der Waals surface area contributed by atoms with Crippen LogP contribution < -0.4 is 18.0 Å². The molecule has 0 aliphatic carbocycles. The number of phenolic OH excluding ortho intramolecular Hbond substituents is 2. The van der Waals surface area contributed by atoms with Gasteiger partial charge in [-0.3, -0.25) is 0 Å². The van der Waals surface area contributed by atoms with Gasteiger partial charge in [0.2, 0.25) is 0 Å². The number of rotatable bonds is 3. The van der Waals surface area contributed by atoms with Crippen LogP contribution in [0, 0.1) is 0 Å². The number of H-pyrrole nitrogens is 1. The summed E-state index contributed by atoms with van der Waals surface area (Å²) >= 11 is -0.472. The molecule has 4 aromatic rings. The SMILES string of the molecule is CC(C)c1cc(-c2n[nH]c(=O)n2-c2ccc3c(ccn3C)c2)c(O)cc1O.N.N.[Cl][Pt][Cl]. The van der Waals surface area contributed by atoms with Crippen LogP contribution in [0.2, 0.25) is 0 Å². The number of aromatic hydroxyl groups is 2.